The second-order valence-corrected chi connectivity index (χ2v) is 4.27. The highest BCUT2D eigenvalue weighted by Crippen LogP contribution is 2.16. The van der Waals surface area contributed by atoms with Crippen LogP contribution in [-0.2, 0) is 9.53 Å². The van der Waals surface area contributed by atoms with Crippen LogP contribution in [0.4, 0.5) is 0 Å². The molecule has 0 aromatic heterocycles. The smallest absolute Gasteiger partial charge is 0.316 e. The van der Waals surface area contributed by atoms with Crippen molar-refractivity contribution in [2.75, 3.05) is 7.11 Å². The van der Waals surface area contributed by atoms with Gasteiger partial charge in [-0.05, 0) is 18.6 Å². The fourth-order valence-corrected chi connectivity index (χ4v) is 1.68. The van der Waals surface area contributed by atoms with Gasteiger partial charge in [0.05, 0.1) is 7.11 Å². The number of hydrogen-bond donors (Lipinski definition) is 0. The van der Waals surface area contributed by atoms with Crippen molar-refractivity contribution in [2.24, 2.45) is 5.92 Å². The predicted molar refractivity (Wildman–Crippen MR) is 64.3 cm³/mol. The number of carbonyl (C=O) groups excluding carboxylic acids is 2. The molecular formula is C12H13BrO3. The first-order valence-electron chi connectivity index (χ1n) is 4.97. The van der Waals surface area contributed by atoms with Crippen molar-refractivity contribution in [3.05, 3.63) is 34.3 Å². The summed E-state index contributed by atoms with van der Waals surface area (Å²) in [5.41, 5.74) is 0.528. The molecule has 0 aliphatic carbocycles. The largest absolute Gasteiger partial charge is 0.468 e. The predicted octanol–water partition coefficient (Wildman–Crippen LogP) is 2.83. The van der Waals surface area contributed by atoms with Crippen LogP contribution >= 0.6 is 15.9 Å². The molecule has 86 valence electrons. The molecule has 0 bridgehead atoms. The van der Waals surface area contributed by atoms with Gasteiger partial charge >= 0.3 is 5.97 Å². The van der Waals surface area contributed by atoms with Gasteiger partial charge in [0.25, 0.3) is 0 Å². The SMILES string of the molecule is CCC(C(=O)OC)C(=O)c1ccc(Br)cc1. The summed E-state index contributed by atoms with van der Waals surface area (Å²) in [6, 6.07) is 6.94. The van der Waals surface area contributed by atoms with Crippen LogP contribution in [0.5, 0.6) is 0 Å². The lowest BCUT2D eigenvalue weighted by Crippen LogP contribution is -2.24. The lowest BCUT2D eigenvalue weighted by molar-refractivity contribution is -0.143. The first-order valence-corrected chi connectivity index (χ1v) is 5.77. The summed E-state index contributed by atoms with van der Waals surface area (Å²) in [6.07, 6.45) is 0.446. The summed E-state index contributed by atoms with van der Waals surface area (Å²) < 4.78 is 5.50. The molecule has 0 aliphatic rings. The molecule has 0 spiro atoms. The van der Waals surface area contributed by atoms with Gasteiger partial charge in [0, 0.05) is 10.0 Å². The summed E-state index contributed by atoms with van der Waals surface area (Å²) in [6.45, 7) is 1.79. The second kappa shape index (κ2) is 5.80. The molecule has 0 aliphatic heterocycles. The number of carbonyl (C=O) groups is 2. The van der Waals surface area contributed by atoms with Crippen molar-refractivity contribution >= 4 is 27.7 Å². The molecule has 1 aromatic rings. The maximum Gasteiger partial charge on any atom is 0.316 e. The number of methoxy groups -OCH3 is 1. The number of rotatable bonds is 4. The van der Waals surface area contributed by atoms with Gasteiger partial charge in [-0.25, -0.2) is 0 Å². The summed E-state index contributed by atoms with van der Waals surface area (Å²) in [4.78, 5) is 23.3. The van der Waals surface area contributed by atoms with Crippen molar-refractivity contribution in [3.63, 3.8) is 0 Å². The second-order valence-electron chi connectivity index (χ2n) is 3.36. The van der Waals surface area contributed by atoms with Gasteiger partial charge in [0.15, 0.2) is 5.78 Å². The number of halogens is 1. The third kappa shape index (κ3) is 2.92. The molecule has 3 nitrogen and oxygen atoms in total. The molecule has 0 amide bonds. The van der Waals surface area contributed by atoms with Gasteiger partial charge in [0.1, 0.15) is 5.92 Å². The average molecular weight is 285 g/mol. The maximum atomic E-state index is 12.0. The number of esters is 1. The zero-order valence-corrected chi connectivity index (χ0v) is 10.8. The minimum Gasteiger partial charge on any atom is -0.468 e. The number of ether oxygens (including phenoxy) is 1. The molecule has 16 heavy (non-hydrogen) atoms. The van der Waals surface area contributed by atoms with Crippen LogP contribution in [0.3, 0.4) is 0 Å². The van der Waals surface area contributed by atoms with Crippen molar-refractivity contribution in [1.29, 1.82) is 0 Å². The van der Waals surface area contributed by atoms with Gasteiger partial charge in [-0.1, -0.05) is 35.0 Å². The van der Waals surface area contributed by atoms with Crippen molar-refractivity contribution in [2.45, 2.75) is 13.3 Å². The normalized spacial score (nSPS) is 11.9. The molecule has 1 aromatic carbocycles. The number of Topliss-reactive ketones (excluding diaryl/α,β-unsaturated/α-hetero) is 1. The quantitative estimate of drug-likeness (QED) is 0.485. The summed E-state index contributed by atoms with van der Waals surface area (Å²) in [5, 5.41) is 0. The molecule has 1 rings (SSSR count). The van der Waals surface area contributed by atoms with Crippen LogP contribution in [0, 0.1) is 5.92 Å². The summed E-state index contributed by atoms with van der Waals surface area (Å²) in [7, 11) is 1.29. The Morgan fingerprint density at radius 1 is 1.31 bits per heavy atom. The molecule has 0 radical (unpaired) electrons. The van der Waals surface area contributed by atoms with E-state index in [9.17, 15) is 9.59 Å². The zero-order valence-electron chi connectivity index (χ0n) is 9.20. The molecule has 0 saturated heterocycles. The van der Waals surface area contributed by atoms with Crippen LogP contribution in [0.2, 0.25) is 0 Å². The van der Waals surface area contributed by atoms with Gasteiger partial charge in [-0.2, -0.15) is 0 Å². The molecule has 1 atom stereocenters. The highest BCUT2D eigenvalue weighted by Gasteiger charge is 2.26. The minimum absolute atomic E-state index is 0.193. The molecule has 0 saturated carbocycles. The van der Waals surface area contributed by atoms with E-state index in [1.165, 1.54) is 7.11 Å². The Labute approximate surface area is 103 Å². The Bertz CT molecular complexity index is 384. The van der Waals surface area contributed by atoms with Crippen molar-refractivity contribution in [1.82, 2.24) is 0 Å². The first kappa shape index (κ1) is 12.9. The van der Waals surface area contributed by atoms with Gasteiger partial charge in [-0.3, -0.25) is 9.59 Å². The fourth-order valence-electron chi connectivity index (χ4n) is 1.42. The molecule has 1 unspecified atom stereocenters. The monoisotopic (exact) mass is 284 g/mol. The topological polar surface area (TPSA) is 43.4 Å². The zero-order chi connectivity index (χ0) is 12.1. The van der Waals surface area contributed by atoms with E-state index in [0.717, 1.165) is 4.47 Å². The average Bonchev–Trinajstić information content (AvgIpc) is 2.30. The molecule has 4 heteroatoms. The summed E-state index contributed by atoms with van der Waals surface area (Å²) in [5.74, 6) is -1.37. The maximum absolute atomic E-state index is 12.0. The van der Waals surface area contributed by atoms with Crippen LogP contribution in [0.15, 0.2) is 28.7 Å². The number of hydrogen-bond acceptors (Lipinski definition) is 3. The van der Waals surface area contributed by atoms with E-state index in [0.29, 0.717) is 12.0 Å². The van der Waals surface area contributed by atoms with Gasteiger partial charge in [0.2, 0.25) is 0 Å². The Kier molecular flexibility index (Phi) is 4.68. The van der Waals surface area contributed by atoms with E-state index in [1.807, 2.05) is 0 Å². The lowest BCUT2D eigenvalue weighted by atomic mass is 9.95. The fraction of sp³-hybridized carbons (Fsp3) is 0.333. The Balaban J connectivity index is 2.91. The van der Waals surface area contributed by atoms with E-state index >= 15 is 0 Å². The lowest BCUT2D eigenvalue weighted by Gasteiger charge is -2.11. The summed E-state index contributed by atoms with van der Waals surface area (Å²) >= 11 is 3.29. The van der Waals surface area contributed by atoms with E-state index in [2.05, 4.69) is 20.7 Å². The Morgan fingerprint density at radius 3 is 2.31 bits per heavy atom. The van der Waals surface area contributed by atoms with Crippen LogP contribution < -0.4 is 0 Å². The third-order valence-corrected chi connectivity index (χ3v) is 2.87. The van der Waals surface area contributed by atoms with E-state index in [-0.39, 0.29) is 5.78 Å². The van der Waals surface area contributed by atoms with E-state index < -0.39 is 11.9 Å². The minimum atomic E-state index is -0.703. The number of benzene rings is 1. The van der Waals surface area contributed by atoms with E-state index in [4.69, 9.17) is 0 Å². The molecule has 0 heterocycles. The van der Waals surface area contributed by atoms with Gasteiger partial charge in [-0.15, -0.1) is 0 Å². The third-order valence-electron chi connectivity index (χ3n) is 2.34. The van der Waals surface area contributed by atoms with Gasteiger partial charge < -0.3 is 4.74 Å². The molecular weight excluding hydrogens is 272 g/mol. The Hall–Kier alpha value is -1.16. The van der Waals surface area contributed by atoms with Crippen molar-refractivity contribution in [3.8, 4) is 0 Å². The number of ketones is 1. The van der Waals surface area contributed by atoms with Crippen molar-refractivity contribution < 1.29 is 14.3 Å². The van der Waals surface area contributed by atoms with Crippen LogP contribution in [-0.4, -0.2) is 18.9 Å². The first-order chi connectivity index (χ1) is 7.60. The standard InChI is InChI=1S/C12H13BrO3/c1-3-10(12(15)16-2)11(14)8-4-6-9(13)7-5-8/h4-7,10H,3H2,1-2H3. The highest BCUT2D eigenvalue weighted by atomic mass is 79.9. The van der Waals surface area contributed by atoms with E-state index in [1.54, 1.807) is 31.2 Å². The Morgan fingerprint density at radius 2 is 1.88 bits per heavy atom. The molecule has 0 N–H and O–H groups in total. The van der Waals surface area contributed by atoms with Crippen LogP contribution in [0.1, 0.15) is 23.7 Å². The van der Waals surface area contributed by atoms with Crippen LogP contribution in [0.25, 0.3) is 0 Å². The molecule has 0 fully saturated rings. The highest BCUT2D eigenvalue weighted by molar-refractivity contribution is 9.10.